The fourth-order valence-corrected chi connectivity index (χ4v) is 4.08. The Labute approximate surface area is 209 Å². The van der Waals surface area contributed by atoms with Crippen LogP contribution in [0.15, 0.2) is 83.9 Å². The summed E-state index contributed by atoms with van der Waals surface area (Å²) in [5.74, 6) is 0.0991. The molecule has 1 amide bonds. The highest BCUT2D eigenvalue weighted by Gasteiger charge is 2.30. The smallest absolute Gasteiger partial charge is 0.310 e. The highest BCUT2D eigenvalue weighted by molar-refractivity contribution is 6.05. The number of nitrogens with zero attached hydrogens (tertiary/aromatic N) is 3. The Kier molecular flexibility index (Phi) is 5.99. The van der Waals surface area contributed by atoms with Gasteiger partial charge < -0.3 is 5.32 Å². The normalized spacial score (nSPS) is 11.8. The van der Waals surface area contributed by atoms with Crippen LogP contribution in [0.4, 0.5) is 19.0 Å². The van der Waals surface area contributed by atoms with E-state index in [4.69, 9.17) is 0 Å². The minimum atomic E-state index is -4.55. The average Bonchev–Trinajstić information content (AvgIpc) is 2.88. The van der Waals surface area contributed by atoms with Gasteiger partial charge in [0, 0.05) is 46.4 Å². The molecule has 0 fully saturated rings. The van der Waals surface area contributed by atoms with Gasteiger partial charge in [0.25, 0.3) is 5.56 Å². The highest BCUT2D eigenvalue weighted by Crippen LogP contribution is 2.32. The van der Waals surface area contributed by atoms with E-state index in [0.717, 1.165) is 23.3 Å². The van der Waals surface area contributed by atoms with E-state index in [2.05, 4.69) is 15.3 Å². The summed E-state index contributed by atoms with van der Waals surface area (Å²) in [4.78, 5) is 33.7. The summed E-state index contributed by atoms with van der Waals surface area (Å²) in [6, 6.07) is 16.6. The number of halogens is 3. The maximum atomic E-state index is 13.4. The van der Waals surface area contributed by atoms with Crippen LogP contribution >= 0.6 is 0 Å². The van der Waals surface area contributed by atoms with Crippen molar-refractivity contribution in [2.24, 2.45) is 5.92 Å². The summed E-state index contributed by atoms with van der Waals surface area (Å²) < 4.78 is 41.5. The van der Waals surface area contributed by atoms with Gasteiger partial charge in [-0.3, -0.25) is 19.1 Å². The second kappa shape index (κ2) is 9.16. The van der Waals surface area contributed by atoms with Crippen LogP contribution in [0.2, 0.25) is 0 Å². The van der Waals surface area contributed by atoms with Crippen LogP contribution in [0.25, 0.3) is 38.6 Å². The molecule has 0 saturated heterocycles. The van der Waals surface area contributed by atoms with Crippen LogP contribution in [0, 0.1) is 5.92 Å². The predicted octanol–water partition coefficient (Wildman–Crippen LogP) is 6.21. The number of alkyl halides is 3. The third-order valence-corrected chi connectivity index (χ3v) is 6.02. The van der Waals surface area contributed by atoms with Crippen molar-refractivity contribution in [1.29, 1.82) is 0 Å². The van der Waals surface area contributed by atoms with Gasteiger partial charge in [0.1, 0.15) is 5.82 Å². The molecule has 0 radical (unpaired) electrons. The van der Waals surface area contributed by atoms with Crippen LogP contribution in [0.5, 0.6) is 0 Å². The summed E-state index contributed by atoms with van der Waals surface area (Å²) in [6.45, 7) is 3.58. The Morgan fingerprint density at radius 2 is 1.70 bits per heavy atom. The Balaban J connectivity index is 1.67. The van der Waals surface area contributed by atoms with Gasteiger partial charge in [0.15, 0.2) is 0 Å². The molecule has 0 aliphatic carbocycles. The molecule has 6 nitrogen and oxygen atoms in total. The topological polar surface area (TPSA) is 76.9 Å². The van der Waals surface area contributed by atoms with E-state index in [9.17, 15) is 22.8 Å². The van der Waals surface area contributed by atoms with Crippen molar-refractivity contribution in [1.82, 2.24) is 14.5 Å². The summed E-state index contributed by atoms with van der Waals surface area (Å²) >= 11 is 0. The molecule has 5 aromatic rings. The van der Waals surface area contributed by atoms with Crippen LogP contribution in [0.1, 0.15) is 19.4 Å². The summed E-state index contributed by atoms with van der Waals surface area (Å²) in [5.41, 5.74) is 1.35. The quantitative estimate of drug-likeness (QED) is 0.296. The summed E-state index contributed by atoms with van der Waals surface area (Å²) in [5, 5.41) is 3.95. The molecular formula is C28H21F3N4O2. The van der Waals surface area contributed by atoms with Gasteiger partial charge in [-0.1, -0.05) is 26.0 Å². The average molecular weight is 502 g/mol. The number of aromatic nitrogens is 3. The van der Waals surface area contributed by atoms with Crippen LogP contribution in [0.3, 0.4) is 0 Å². The predicted molar refractivity (Wildman–Crippen MR) is 137 cm³/mol. The zero-order valence-electron chi connectivity index (χ0n) is 19.9. The lowest BCUT2D eigenvalue weighted by molar-refractivity contribution is -0.137. The van der Waals surface area contributed by atoms with Crippen molar-refractivity contribution in [2.75, 3.05) is 5.32 Å². The molecule has 37 heavy (non-hydrogen) atoms. The fourth-order valence-electron chi connectivity index (χ4n) is 4.08. The third kappa shape index (κ3) is 4.67. The summed E-state index contributed by atoms with van der Waals surface area (Å²) in [6.07, 6.45) is -1.33. The van der Waals surface area contributed by atoms with Crippen molar-refractivity contribution in [3.8, 4) is 16.8 Å². The van der Waals surface area contributed by atoms with E-state index < -0.39 is 17.3 Å². The van der Waals surface area contributed by atoms with Crippen molar-refractivity contribution < 1.29 is 18.0 Å². The molecule has 5 rings (SSSR count). The number of nitrogens with one attached hydrogen (secondary N) is 1. The fraction of sp³-hybridized carbons (Fsp3) is 0.143. The van der Waals surface area contributed by atoms with Crippen molar-refractivity contribution in [2.45, 2.75) is 20.0 Å². The van der Waals surface area contributed by atoms with E-state index in [1.807, 2.05) is 18.2 Å². The Bertz CT molecular complexity index is 1710. The number of rotatable bonds is 4. The maximum Gasteiger partial charge on any atom is 0.416 e. The number of anilines is 1. The molecule has 3 aromatic heterocycles. The first kappa shape index (κ1) is 24.2. The summed E-state index contributed by atoms with van der Waals surface area (Å²) in [7, 11) is 0. The monoisotopic (exact) mass is 502 g/mol. The van der Waals surface area contributed by atoms with Crippen LogP contribution in [-0.4, -0.2) is 20.4 Å². The van der Waals surface area contributed by atoms with Crippen LogP contribution in [-0.2, 0) is 11.0 Å². The van der Waals surface area contributed by atoms with Gasteiger partial charge in [-0.15, -0.1) is 0 Å². The van der Waals surface area contributed by atoms with Crippen molar-refractivity contribution in [3.05, 3.63) is 95.0 Å². The van der Waals surface area contributed by atoms with Crippen LogP contribution < -0.4 is 10.9 Å². The highest BCUT2D eigenvalue weighted by atomic mass is 19.4. The maximum absolute atomic E-state index is 13.4. The SMILES string of the molecule is CC(C)C(=O)Nc1ccc(-c2ccc3ncc4ccc(=O)n(-c5cccc(C(F)(F)F)c5)c4c3c2)cn1. The van der Waals surface area contributed by atoms with Gasteiger partial charge in [-0.25, -0.2) is 4.98 Å². The number of amides is 1. The standard InChI is InChI=1S/C28H21F3N4O2/c1-16(2)27(37)34-24-10-7-18(14-33-24)17-6-9-23-22(12-17)26-19(15-32-23)8-11-25(36)35(26)21-5-3-4-20(13-21)28(29,30)31/h3-16H,1-2H3,(H,33,34,37). The number of hydrogen-bond acceptors (Lipinski definition) is 4. The molecule has 186 valence electrons. The molecule has 0 aliphatic rings. The third-order valence-electron chi connectivity index (χ3n) is 6.02. The van der Waals surface area contributed by atoms with E-state index in [1.165, 1.54) is 22.8 Å². The molecule has 0 spiro atoms. The molecule has 1 N–H and O–H groups in total. The number of carbonyl (C=O) groups is 1. The Morgan fingerprint density at radius 3 is 2.41 bits per heavy atom. The Morgan fingerprint density at radius 1 is 0.919 bits per heavy atom. The minimum Gasteiger partial charge on any atom is -0.310 e. The molecule has 0 atom stereocenters. The second-order valence-electron chi connectivity index (χ2n) is 8.93. The molecule has 9 heteroatoms. The Hall–Kier alpha value is -4.53. The van der Waals surface area contributed by atoms with Crippen molar-refractivity contribution >= 4 is 33.5 Å². The lowest BCUT2D eigenvalue weighted by Gasteiger charge is -2.15. The number of pyridine rings is 3. The van der Waals surface area contributed by atoms with Gasteiger partial charge in [0.05, 0.1) is 16.6 Å². The molecule has 2 aromatic carbocycles. The van der Waals surface area contributed by atoms with E-state index in [1.54, 1.807) is 44.4 Å². The van der Waals surface area contributed by atoms with Gasteiger partial charge >= 0.3 is 6.18 Å². The van der Waals surface area contributed by atoms with E-state index in [-0.39, 0.29) is 17.5 Å². The number of benzene rings is 2. The van der Waals surface area contributed by atoms with Crippen molar-refractivity contribution in [3.63, 3.8) is 0 Å². The molecular weight excluding hydrogens is 481 g/mol. The van der Waals surface area contributed by atoms with E-state index >= 15 is 0 Å². The molecule has 0 bridgehead atoms. The number of carbonyl (C=O) groups excluding carboxylic acids is 1. The molecule has 0 aliphatic heterocycles. The first-order valence-corrected chi connectivity index (χ1v) is 11.5. The second-order valence-corrected chi connectivity index (χ2v) is 8.93. The van der Waals surface area contributed by atoms with Gasteiger partial charge in [-0.2, -0.15) is 13.2 Å². The first-order chi connectivity index (χ1) is 17.6. The zero-order chi connectivity index (χ0) is 26.3. The zero-order valence-corrected chi connectivity index (χ0v) is 19.9. The van der Waals surface area contributed by atoms with Gasteiger partial charge in [-0.05, 0) is 54.1 Å². The number of hydrogen-bond donors (Lipinski definition) is 1. The lowest BCUT2D eigenvalue weighted by atomic mass is 10.0. The molecule has 0 saturated carbocycles. The number of fused-ring (bicyclic) bond motifs is 3. The van der Waals surface area contributed by atoms with Gasteiger partial charge in [0.2, 0.25) is 5.91 Å². The minimum absolute atomic E-state index is 0.107. The molecule has 0 unspecified atom stereocenters. The first-order valence-electron chi connectivity index (χ1n) is 11.5. The molecule has 3 heterocycles. The largest absolute Gasteiger partial charge is 0.416 e. The van der Waals surface area contributed by atoms with E-state index in [0.29, 0.717) is 27.6 Å². The lowest BCUT2D eigenvalue weighted by Crippen LogP contribution is -2.18.